The van der Waals surface area contributed by atoms with Crippen molar-refractivity contribution in [1.29, 1.82) is 0 Å². The Morgan fingerprint density at radius 2 is 1.86 bits per heavy atom. The summed E-state index contributed by atoms with van der Waals surface area (Å²) in [5.74, 6) is 0. The van der Waals surface area contributed by atoms with Gasteiger partial charge in [-0.15, -0.1) is 0 Å². The molecule has 0 saturated carbocycles. The summed E-state index contributed by atoms with van der Waals surface area (Å²) in [6.45, 7) is 7.20. The first-order chi connectivity index (χ1) is 6.70. The maximum absolute atomic E-state index is 5.40. The molecule has 0 amide bonds. The standard InChI is InChI=1S/C9H19NO2.C2H6/c1-7(11-3)9-8(12-4)5-6-10(9)2;1-2/h7-9H,5-6H2,1-4H3;1-2H3/t7-,8-,9+;/m0./s1. The van der Waals surface area contributed by atoms with Crippen molar-refractivity contribution in [2.24, 2.45) is 0 Å². The van der Waals surface area contributed by atoms with Gasteiger partial charge in [0.25, 0.3) is 0 Å². The van der Waals surface area contributed by atoms with E-state index in [0.29, 0.717) is 12.1 Å². The van der Waals surface area contributed by atoms with E-state index in [0.717, 1.165) is 13.0 Å². The third-order valence-corrected chi connectivity index (χ3v) is 2.81. The number of likely N-dealkylation sites (N-methyl/N-ethyl adjacent to an activating group) is 1. The normalized spacial score (nSPS) is 29.6. The van der Waals surface area contributed by atoms with Crippen LogP contribution >= 0.6 is 0 Å². The van der Waals surface area contributed by atoms with Gasteiger partial charge in [0.2, 0.25) is 0 Å². The van der Waals surface area contributed by atoms with Crippen molar-refractivity contribution in [3.05, 3.63) is 0 Å². The maximum atomic E-state index is 5.40. The molecule has 1 fully saturated rings. The fourth-order valence-electron chi connectivity index (χ4n) is 1.99. The third kappa shape index (κ3) is 3.23. The highest BCUT2D eigenvalue weighted by molar-refractivity contribution is 4.89. The Balaban J connectivity index is 0.000000791. The second-order valence-corrected chi connectivity index (χ2v) is 3.47. The van der Waals surface area contributed by atoms with Gasteiger partial charge in [0.05, 0.1) is 18.2 Å². The SMILES string of the molecule is CC.CO[C@@H](C)[C@@H]1[C@@H](OC)CCN1C. The van der Waals surface area contributed by atoms with Gasteiger partial charge in [-0.2, -0.15) is 0 Å². The van der Waals surface area contributed by atoms with Crippen molar-refractivity contribution in [2.45, 2.75) is 45.4 Å². The molecule has 1 aliphatic rings. The molecule has 1 heterocycles. The minimum absolute atomic E-state index is 0.252. The molecule has 0 bridgehead atoms. The molecule has 0 aromatic rings. The van der Waals surface area contributed by atoms with Crippen LogP contribution in [0.25, 0.3) is 0 Å². The molecule has 14 heavy (non-hydrogen) atoms. The lowest BCUT2D eigenvalue weighted by Crippen LogP contribution is -2.42. The minimum atomic E-state index is 0.252. The Morgan fingerprint density at radius 1 is 1.29 bits per heavy atom. The van der Waals surface area contributed by atoms with Gasteiger partial charge in [-0.25, -0.2) is 0 Å². The molecule has 0 unspecified atom stereocenters. The largest absolute Gasteiger partial charge is 0.380 e. The fraction of sp³-hybridized carbons (Fsp3) is 1.00. The van der Waals surface area contributed by atoms with Gasteiger partial charge in [0.15, 0.2) is 0 Å². The summed E-state index contributed by atoms with van der Waals surface area (Å²) in [5, 5.41) is 0. The minimum Gasteiger partial charge on any atom is -0.380 e. The van der Waals surface area contributed by atoms with Gasteiger partial charge < -0.3 is 9.47 Å². The van der Waals surface area contributed by atoms with Crippen LogP contribution in [0.2, 0.25) is 0 Å². The summed E-state index contributed by atoms with van der Waals surface area (Å²) in [4.78, 5) is 2.31. The van der Waals surface area contributed by atoms with E-state index in [1.54, 1.807) is 14.2 Å². The lowest BCUT2D eigenvalue weighted by Gasteiger charge is -2.28. The smallest absolute Gasteiger partial charge is 0.0763 e. The molecule has 0 N–H and O–H groups in total. The number of rotatable bonds is 3. The van der Waals surface area contributed by atoms with Gasteiger partial charge in [-0.1, -0.05) is 13.8 Å². The number of methoxy groups -OCH3 is 2. The van der Waals surface area contributed by atoms with E-state index in [9.17, 15) is 0 Å². The first-order valence-corrected chi connectivity index (χ1v) is 5.46. The molecule has 1 rings (SSSR count). The number of hydrogen-bond acceptors (Lipinski definition) is 3. The van der Waals surface area contributed by atoms with E-state index in [2.05, 4.69) is 18.9 Å². The Morgan fingerprint density at radius 3 is 2.29 bits per heavy atom. The van der Waals surface area contributed by atoms with E-state index in [4.69, 9.17) is 9.47 Å². The third-order valence-electron chi connectivity index (χ3n) is 2.81. The Bertz CT molecular complexity index is 141. The van der Waals surface area contributed by atoms with Crippen molar-refractivity contribution in [2.75, 3.05) is 27.8 Å². The number of nitrogens with zero attached hydrogens (tertiary/aromatic N) is 1. The molecule has 0 aromatic heterocycles. The van der Waals surface area contributed by atoms with Crippen LogP contribution in [0.4, 0.5) is 0 Å². The van der Waals surface area contributed by atoms with Crippen molar-refractivity contribution in [1.82, 2.24) is 4.90 Å². The highest BCUT2D eigenvalue weighted by atomic mass is 16.5. The summed E-state index contributed by atoms with van der Waals surface area (Å²) >= 11 is 0. The highest BCUT2D eigenvalue weighted by Crippen LogP contribution is 2.22. The topological polar surface area (TPSA) is 21.7 Å². The Kier molecular flexibility index (Phi) is 7.15. The molecule has 1 saturated heterocycles. The Hall–Kier alpha value is -0.120. The van der Waals surface area contributed by atoms with Gasteiger partial charge in [-0.3, -0.25) is 4.90 Å². The first-order valence-electron chi connectivity index (χ1n) is 5.46. The van der Waals surface area contributed by atoms with Crippen LogP contribution < -0.4 is 0 Å². The molecule has 3 atom stereocenters. The monoisotopic (exact) mass is 203 g/mol. The second kappa shape index (κ2) is 7.21. The fourth-order valence-corrected chi connectivity index (χ4v) is 1.99. The van der Waals surface area contributed by atoms with Crippen LogP contribution in [0.15, 0.2) is 0 Å². The van der Waals surface area contributed by atoms with Crippen molar-refractivity contribution in [3.8, 4) is 0 Å². The van der Waals surface area contributed by atoms with Gasteiger partial charge in [0, 0.05) is 20.8 Å². The summed E-state index contributed by atoms with van der Waals surface area (Å²) in [6, 6.07) is 0.417. The van der Waals surface area contributed by atoms with Crippen molar-refractivity contribution >= 4 is 0 Å². The van der Waals surface area contributed by atoms with Crippen LogP contribution in [0.5, 0.6) is 0 Å². The van der Waals surface area contributed by atoms with E-state index in [1.807, 2.05) is 13.8 Å². The van der Waals surface area contributed by atoms with Crippen molar-refractivity contribution in [3.63, 3.8) is 0 Å². The molecule has 3 nitrogen and oxygen atoms in total. The van der Waals surface area contributed by atoms with Crippen LogP contribution in [-0.2, 0) is 9.47 Å². The Labute approximate surface area is 88.4 Å². The molecule has 86 valence electrons. The molecular weight excluding hydrogens is 178 g/mol. The molecular formula is C11H25NO2. The van der Waals surface area contributed by atoms with Crippen LogP contribution in [-0.4, -0.2) is 51.0 Å². The average molecular weight is 203 g/mol. The lowest BCUT2D eigenvalue weighted by atomic mass is 10.1. The molecule has 0 aromatic carbocycles. The molecule has 1 aliphatic heterocycles. The van der Waals surface area contributed by atoms with Crippen LogP contribution in [0, 0.1) is 0 Å². The maximum Gasteiger partial charge on any atom is 0.0763 e. The van der Waals surface area contributed by atoms with E-state index in [-0.39, 0.29) is 6.10 Å². The summed E-state index contributed by atoms with van der Waals surface area (Å²) < 4.78 is 10.7. The predicted octanol–water partition coefficient (Wildman–Crippen LogP) is 1.77. The molecule has 3 heteroatoms. The summed E-state index contributed by atoms with van der Waals surface area (Å²) in [5.41, 5.74) is 0. The number of likely N-dealkylation sites (tertiary alicyclic amines) is 1. The quantitative estimate of drug-likeness (QED) is 0.698. The van der Waals surface area contributed by atoms with Gasteiger partial charge in [-0.05, 0) is 20.4 Å². The van der Waals surface area contributed by atoms with Crippen LogP contribution in [0.3, 0.4) is 0 Å². The van der Waals surface area contributed by atoms with E-state index >= 15 is 0 Å². The highest BCUT2D eigenvalue weighted by Gasteiger charge is 2.35. The van der Waals surface area contributed by atoms with Gasteiger partial charge >= 0.3 is 0 Å². The lowest BCUT2D eigenvalue weighted by molar-refractivity contribution is -0.0115. The second-order valence-electron chi connectivity index (χ2n) is 3.47. The van der Waals surface area contributed by atoms with Crippen LogP contribution in [0.1, 0.15) is 27.2 Å². The van der Waals surface area contributed by atoms with E-state index in [1.165, 1.54) is 0 Å². The number of ether oxygens (including phenoxy) is 2. The molecule has 0 radical (unpaired) electrons. The van der Waals surface area contributed by atoms with Crippen molar-refractivity contribution < 1.29 is 9.47 Å². The first kappa shape index (κ1) is 13.9. The van der Waals surface area contributed by atoms with Gasteiger partial charge in [0.1, 0.15) is 0 Å². The molecule has 0 aliphatic carbocycles. The molecule has 0 spiro atoms. The average Bonchev–Trinajstić information content (AvgIpc) is 2.61. The zero-order valence-corrected chi connectivity index (χ0v) is 10.4. The zero-order valence-electron chi connectivity index (χ0n) is 10.4. The predicted molar refractivity (Wildman–Crippen MR) is 59.7 cm³/mol. The zero-order chi connectivity index (χ0) is 11.1. The summed E-state index contributed by atoms with van der Waals surface area (Å²) in [7, 11) is 5.65. The van der Waals surface area contributed by atoms with E-state index < -0.39 is 0 Å². The number of hydrogen-bond donors (Lipinski definition) is 0. The summed E-state index contributed by atoms with van der Waals surface area (Å²) in [6.07, 6.45) is 1.71.